The molecule has 0 spiro atoms. The summed E-state index contributed by atoms with van der Waals surface area (Å²) in [6, 6.07) is 8.90. The Bertz CT molecular complexity index is 375. The fraction of sp³-hybridized carbons (Fsp3) is 0.600. The topological polar surface area (TPSA) is 0 Å². The highest BCUT2D eigenvalue weighted by atomic mass is 32.4. The van der Waals surface area contributed by atoms with Crippen molar-refractivity contribution in [2.75, 3.05) is 0 Å². The minimum absolute atomic E-state index is 0.432. The molecule has 0 aliphatic carbocycles. The van der Waals surface area contributed by atoms with Gasteiger partial charge in [0.2, 0.25) is 0 Å². The van der Waals surface area contributed by atoms with E-state index < -0.39 is 7.22 Å². The van der Waals surface area contributed by atoms with E-state index in [-0.39, 0.29) is 0 Å². The molecule has 0 nitrogen and oxygen atoms in total. The molecule has 0 saturated carbocycles. The van der Waals surface area contributed by atoms with Gasteiger partial charge in [0.25, 0.3) is 0 Å². The summed E-state index contributed by atoms with van der Waals surface area (Å²) in [5.74, 6) is 0.614. The van der Waals surface area contributed by atoms with E-state index in [0.29, 0.717) is 11.0 Å². The Morgan fingerprint density at radius 3 is 2.06 bits per heavy atom. The molecule has 0 amide bonds. The largest absolute Gasteiger partial charge is 0.151 e. The Morgan fingerprint density at radius 1 is 1.06 bits per heavy atom. The molecule has 0 N–H and O–H groups in total. The molecule has 0 unspecified atom stereocenters. The van der Waals surface area contributed by atoms with E-state index in [4.69, 9.17) is 0 Å². The van der Waals surface area contributed by atoms with E-state index >= 15 is 0 Å². The highest BCUT2D eigenvalue weighted by molar-refractivity contribution is 8.29. The molecule has 17 heavy (non-hydrogen) atoms. The molecule has 0 atom stereocenters. The zero-order valence-corrected chi connectivity index (χ0v) is 14.1. The number of benzene rings is 1. The fourth-order valence-electron chi connectivity index (χ4n) is 1.48. The van der Waals surface area contributed by atoms with Crippen molar-refractivity contribution in [3.05, 3.63) is 29.8 Å². The number of rotatable bonds is 3. The van der Waals surface area contributed by atoms with Gasteiger partial charge >= 0.3 is 0 Å². The van der Waals surface area contributed by atoms with Crippen LogP contribution in [-0.4, -0.2) is 7.22 Å². The Kier molecular flexibility index (Phi) is 4.53. The first-order valence-corrected chi connectivity index (χ1v) is 11.0. The maximum Gasteiger partial charge on any atom is 0.122 e. The van der Waals surface area contributed by atoms with E-state index in [1.165, 1.54) is 10.5 Å². The van der Waals surface area contributed by atoms with Crippen LogP contribution >= 0.6 is 11.2 Å². The third-order valence-corrected chi connectivity index (χ3v) is 12.5. The van der Waals surface area contributed by atoms with Gasteiger partial charge in [-0.3, -0.25) is 0 Å². The van der Waals surface area contributed by atoms with Gasteiger partial charge in [0.15, 0.2) is 0 Å². The lowest BCUT2D eigenvalue weighted by Gasteiger charge is -2.36. The summed E-state index contributed by atoms with van der Waals surface area (Å²) in [7, 11) is -1.31. The van der Waals surface area contributed by atoms with Crippen molar-refractivity contribution < 1.29 is 0 Å². The summed E-state index contributed by atoms with van der Waals surface area (Å²) in [4.78, 5) is 1.49. The standard InChI is InChI=1S/C15H26SSi/c1-12(2)13-10-8-9-11-14(13)16-17(6,7)15(3,4)5/h8-12H,1-7H3. The first kappa shape index (κ1) is 14.8. The third kappa shape index (κ3) is 3.62. The van der Waals surface area contributed by atoms with Crippen molar-refractivity contribution in [3.8, 4) is 0 Å². The second-order valence-corrected chi connectivity index (χ2v) is 15.4. The molecule has 0 fully saturated rings. The van der Waals surface area contributed by atoms with Gasteiger partial charge in [0.05, 0.1) is 0 Å². The average molecular weight is 267 g/mol. The van der Waals surface area contributed by atoms with E-state index in [2.05, 4.69) is 83.2 Å². The first-order valence-electron chi connectivity index (χ1n) is 6.43. The van der Waals surface area contributed by atoms with Crippen LogP contribution in [0, 0.1) is 0 Å². The van der Waals surface area contributed by atoms with Gasteiger partial charge in [-0.05, 0) is 22.6 Å². The lowest BCUT2D eigenvalue weighted by Crippen LogP contribution is -2.33. The van der Waals surface area contributed by atoms with Crippen LogP contribution in [0.1, 0.15) is 46.1 Å². The smallest absolute Gasteiger partial charge is 0.122 e. The van der Waals surface area contributed by atoms with E-state index in [9.17, 15) is 0 Å². The first-order chi connectivity index (χ1) is 7.65. The summed E-state index contributed by atoms with van der Waals surface area (Å²) in [6.07, 6.45) is 0. The van der Waals surface area contributed by atoms with Crippen LogP contribution in [-0.2, 0) is 0 Å². The molecule has 0 heterocycles. The Labute approximate surface area is 112 Å². The molecule has 96 valence electrons. The van der Waals surface area contributed by atoms with Gasteiger partial charge in [0, 0.05) is 4.90 Å². The Balaban J connectivity index is 3.04. The molecule has 0 aromatic heterocycles. The maximum absolute atomic E-state index is 2.48. The lowest BCUT2D eigenvalue weighted by atomic mass is 10.0. The molecular formula is C15H26SSi. The Morgan fingerprint density at radius 2 is 1.59 bits per heavy atom. The van der Waals surface area contributed by atoms with Crippen molar-refractivity contribution in [2.45, 2.75) is 63.6 Å². The molecule has 1 aromatic rings. The van der Waals surface area contributed by atoms with E-state index in [1.54, 1.807) is 0 Å². The van der Waals surface area contributed by atoms with Crippen LogP contribution in [0.25, 0.3) is 0 Å². The van der Waals surface area contributed by atoms with Crippen LogP contribution in [0.3, 0.4) is 0 Å². The third-order valence-electron chi connectivity index (χ3n) is 3.71. The molecule has 2 heteroatoms. The fourth-order valence-corrected chi connectivity index (χ4v) is 6.03. The monoisotopic (exact) mass is 266 g/mol. The van der Waals surface area contributed by atoms with Gasteiger partial charge in [-0.2, -0.15) is 11.2 Å². The number of hydrogen-bond acceptors (Lipinski definition) is 1. The zero-order valence-electron chi connectivity index (χ0n) is 12.3. The SMILES string of the molecule is CC(C)c1ccccc1S[Si](C)(C)C(C)(C)C. The van der Waals surface area contributed by atoms with Gasteiger partial charge < -0.3 is 0 Å². The highest BCUT2D eigenvalue weighted by Gasteiger charge is 2.36. The lowest BCUT2D eigenvalue weighted by molar-refractivity contribution is 0.736. The van der Waals surface area contributed by atoms with Gasteiger partial charge in [0.1, 0.15) is 7.22 Å². The molecule has 0 saturated heterocycles. The molecular weight excluding hydrogens is 240 g/mol. The maximum atomic E-state index is 2.48. The minimum Gasteiger partial charge on any atom is -0.151 e. The summed E-state index contributed by atoms with van der Waals surface area (Å²) in [5, 5.41) is 0.432. The van der Waals surface area contributed by atoms with Crippen molar-refractivity contribution in [1.29, 1.82) is 0 Å². The summed E-state index contributed by atoms with van der Waals surface area (Å²) in [6.45, 7) is 16.7. The highest BCUT2D eigenvalue weighted by Crippen LogP contribution is 2.47. The molecule has 0 bridgehead atoms. The van der Waals surface area contributed by atoms with Crippen LogP contribution < -0.4 is 0 Å². The van der Waals surface area contributed by atoms with Crippen LogP contribution in [0.5, 0.6) is 0 Å². The minimum atomic E-state index is -1.31. The van der Waals surface area contributed by atoms with Gasteiger partial charge in [-0.25, -0.2) is 0 Å². The van der Waals surface area contributed by atoms with Crippen molar-refractivity contribution in [2.24, 2.45) is 0 Å². The van der Waals surface area contributed by atoms with E-state index in [0.717, 1.165) is 0 Å². The van der Waals surface area contributed by atoms with Crippen LogP contribution in [0.15, 0.2) is 29.2 Å². The molecule has 0 aliphatic heterocycles. The number of hydrogen-bond donors (Lipinski definition) is 0. The van der Waals surface area contributed by atoms with E-state index in [1.807, 2.05) is 0 Å². The normalized spacial score (nSPS) is 13.2. The van der Waals surface area contributed by atoms with Gasteiger partial charge in [-0.15, -0.1) is 0 Å². The van der Waals surface area contributed by atoms with Crippen molar-refractivity contribution >= 4 is 18.4 Å². The summed E-state index contributed by atoms with van der Waals surface area (Å²) >= 11 is 2.15. The second-order valence-electron chi connectivity index (χ2n) is 6.55. The average Bonchev–Trinajstić information content (AvgIpc) is 2.15. The predicted octanol–water partition coefficient (Wildman–Crippen LogP) is 5.91. The molecule has 1 aromatic carbocycles. The Hall–Kier alpha value is -0.213. The second kappa shape index (κ2) is 5.19. The molecule has 0 radical (unpaired) electrons. The molecule has 1 rings (SSSR count). The molecule has 0 aliphatic rings. The summed E-state index contributed by atoms with van der Waals surface area (Å²) in [5.41, 5.74) is 1.50. The summed E-state index contributed by atoms with van der Waals surface area (Å²) < 4.78 is 0. The van der Waals surface area contributed by atoms with Gasteiger partial charge in [-0.1, -0.05) is 65.9 Å². The predicted molar refractivity (Wildman–Crippen MR) is 83.6 cm³/mol. The van der Waals surface area contributed by atoms with Crippen molar-refractivity contribution in [3.63, 3.8) is 0 Å². The quantitative estimate of drug-likeness (QED) is 0.613. The van der Waals surface area contributed by atoms with Crippen LogP contribution in [0.2, 0.25) is 18.1 Å². The zero-order chi connectivity index (χ0) is 13.3. The van der Waals surface area contributed by atoms with Crippen LogP contribution in [0.4, 0.5) is 0 Å². The van der Waals surface area contributed by atoms with Crippen molar-refractivity contribution in [1.82, 2.24) is 0 Å².